The summed E-state index contributed by atoms with van der Waals surface area (Å²) in [6.45, 7) is 1.89. The number of fused-ring (bicyclic) bond motifs is 1. The first-order chi connectivity index (χ1) is 14.8. The van der Waals surface area contributed by atoms with Gasteiger partial charge in [0.2, 0.25) is 0 Å². The molecule has 2 heterocycles. The molecular weight excluding hydrogens is 439 g/mol. The van der Waals surface area contributed by atoms with Crippen molar-refractivity contribution in [2.24, 2.45) is 7.05 Å². The highest BCUT2D eigenvalue weighted by molar-refractivity contribution is 6.30. The Morgan fingerprint density at radius 1 is 0.903 bits per heavy atom. The van der Waals surface area contributed by atoms with Crippen LogP contribution in [0.1, 0.15) is 6.92 Å². The highest BCUT2D eigenvalue weighted by Crippen LogP contribution is 2.24. The molecule has 0 saturated heterocycles. The number of benzene rings is 2. The molecule has 2 aromatic carbocycles. The monoisotopic (exact) mass is 456 g/mol. The zero-order chi connectivity index (χ0) is 22.3. The fraction of sp³-hybridized carbons (Fsp3) is 0.136. The van der Waals surface area contributed by atoms with E-state index < -0.39 is 11.2 Å². The Bertz CT molecular complexity index is 1470. The Morgan fingerprint density at radius 3 is 2.06 bits per heavy atom. The minimum Gasteiger partial charge on any atom is -0.355 e. The van der Waals surface area contributed by atoms with Crippen LogP contribution in [0, 0.1) is 0 Å². The number of pyridine rings is 1. The molecule has 31 heavy (non-hydrogen) atoms. The second-order valence-electron chi connectivity index (χ2n) is 6.93. The molecule has 0 aliphatic carbocycles. The molecule has 0 unspecified atom stereocenters. The minimum atomic E-state index is -0.541. The first-order valence-corrected chi connectivity index (χ1v) is 10.3. The van der Waals surface area contributed by atoms with Gasteiger partial charge in [0.05, 0.1) is 11.4 Å². The van der Waals surface area contributed by atoms with Crippen LogP contribution < -0.4 is 22.1 Å². The molecule has 4 rings (SSSR count). The second-order valence-corrected chi connectivity index (χ2v) is 7.80. The third kappa shape index (κ3) is 3.66. The van der Waals surface area contributed by atoms with Crippen LogP contribution in [0.25, 0.3) is 16.7 Å². The zero-order valence-electron chi connectivity index (χ0n) is 16.7. The summed E-state index contributed by atoms with van der Waals surface area (Å²) in [6.07, 6.45) is 0. The molecule has 0 aliphatic heterocycles. The Morgan fingerprint density at radius 2 is 1.48 bits per heavy atom. The van der Waals surface area contributed by atoms with Gasteiger partial charge in [0.1, 0.15) is 11.0 Å². The van der Waals surface area contributed by atoms with Crippen LogP contribution in [-0.2, 0) is 13.6 Å². The number of nitrogens with zero attached hydrogens (tertiary/aromatic N) is 3. The number of aryl methyl sites for hydroxylation is 1. The molecular formula is C22H18Cl2N4O3. The SMILES string of the molecule is CCn1c(=O)c2c(Nc3ccc(Cl)cc3)cc(=O)n(C)c2n(-c2ccc(Cl)cc2)c1=O. The highest BCUT2D eigenvalue weighted by Gasteiger charge is 2.20. The van der Waals surface area contributed by atoms with E-state index in [1.165, 1.54) is 22.2 Å². The van der Waals surface area contributed by atoms with Crippen molar-refractivity contribution in [3.8, 4) is 5.69 Å². The van der Waals surface area contributed by atoms with Crippen molar-refractivity contribution < 1.29 is 0 Å². The predicted octanol–water partition coefficient (Wildman–Crippen LogP) is 3.92. The third-order valence-electron chi connectivity index (χ3n) is 5.03. The van der Waals surface area contributed by atoms with E-state index in [-0.39, 0.29) is 23.1 Å². The lowest BCUT2D eigenvalue weighted by atomic mass is 10.2. The number of rotatable bonds is 4. The minimum absolute atomic E-state index is 0.171. The van der Waals surface area contributed by atoms with Crippen LogP contribution in [0.3, 0.4) is 0 Å². The Balaban J connectivity index is 2.13. The van der Waals surface area contributed by atoms with Gasteiger partial charge >= 0.3 is 5.69 Å². The fourth-order valence-corrected chi connectivity index (χ4v) is 3.73. The van der Waals surface area contributed by atoms with E-state index in [1.54, 1.807) is 55.5 Å². The largest absolute Gasteiger partial charge is 0.355 e. The maximum absolute atomic E-state index is 13.3. The first kappa shape index (κ1) is 21.0. The van der Waals surface area contributed by atoms with Crippen LogP contribution in [0.5, 0.6) is 0 Å². The summed E-state index contributed by atoms with van der Waals surface area (Å²) in [4.78, 5) is 39.3. The Hall–Kier alpha value is -3.29. The van der Waals surface area contributed by atoms with Crippen LogP contribution in [0.15, 0.2) is 69.0 Å². The first-order valence-electron chi connectivity index (χ1n) is 9.50. The van der Waals surface area contributed by atoms with Gasteiger partial charge in [-0.3, -0.25) is 18.7 Å². The number of halogens is 2. The molecule has 1 N–H and O–H groups in total. The lowest BCUT2D eigenvalue weighted by molar-refractivity contribution is 0.653. The van der Waals surface area contributed by atoms with Crippen molar-refractivity contribution in [3.05, 3.63) is 95.8 Å². The van der Waals surface area contributed by atoms with Gasteiger partial charge in [0, 0.05) is 35.4 Å². The topological polar surface area (TPSA) is 78.0 Å². The van der Waals surface area contributed by atoms with E-state index in [9.17, 15) is 14.4 Å². The molecule has 0 radical (unpaired) electrons. The summed E-state index contributed by atoms with van der Waals surface area (Å²) in [5.41, 5.74) is 0.215. The van der Waals surface area contributed by atoms with Crippen molar-refractivity contribution in [1.82, 2.24) is 13.7 Å². The van der Waals surface area contributed by atoms with E-state index >= 15 is 0 Å². The predicted molar refractivity (Wildman–Crippen MR) is 124 cm³/mol. The summed E-state index contributed by atoms with van der Waals surface area (Å²) in [6, 6.07) is 14.8. The van der Waals surface area contributed by atoms with Gasteiger partial charge in [-0.05, 0) is 55.5 Å². The molecule has 0 fully saturated rings. The zero-order valence-corrected chi connectivity index (χ0v) is 18.2. The molecule has 158 valence electrons. The Labute approximate surface area is 186 Å². The van der Waals surface area contributed by atoms with E-state index in [0.717, 1.165) is 4.57 Å². The van der Waals surface area contributed by atoms with Gasteiger partial charge in [-0.25, -0.2) is 9.36 Å². The molecule has 0 atom stereocenters. The summed E-state index contributed by atoms with van der Waals surface area (Å²) >= 11 is 12.0. The quantitative estimate of drug-likeness (QED) is 0.504. The van der Waals surface area contributed by atoms with Crippen molar-refractivity contribution in [1.29, 1.82) is 0 Å². The number of nitrogens with one attached hydrogen (secondary N) is 1. The van der Waals surface area contributed by atoms with E-state index in [2.05, 4.69) is 5.32 Å². The average Bonchev–Trinajstić information content (AvgIpc) is 2.74. The number of anilines is 2. The van der Waals surface area contributed by atoms with Crippen LogP contribution >= 0.6 is 23.2 Å². The molecule has 0 aliphatic rings. The molecule has 0 spiro atoms. The van der Waals surface area contributed by atoms with Crippen LogP contribution in [-0.4, -0.2) is 13.7 Å². The van der Waals surface area contributed by atoms with Gasteiger partial charge in [0.15, 0.2) is 0 Å². The molecule has 7 nitrogen and oxygen atoms in total. The van der Waals surface area contributed by atoms with Gasteiger partial charge in [-0.1, -0.05) is 23.2 Å². The number of aromatic nitrogens is 3. The maximum Gasteiger partial charge on any atom is 0.337 e. The lowest BCUT2D eigenvalue weighted by Gasteiger charge is -2.18. The standard InChI is InChI=1S/C22H18Cl2N4O3/c1-3-27-21(30)19-17(25-15-8-4-13(23)5-9-15)12-18(29)26(2)20(19)28(22(27)31)16-10-6-14(24)7-11-16/h4-12,25H,3H2,1-2H3. The molecule has 0 saturated carbocycles. The van der Waals surface area contributed by atoms with Gasteiger partial charge in [-0.15, -0.1) is 0 Å². The average molecular weight is 457 g/mol. The second kappa shape index (κ2) is 8.09. The van der Waals surface area contributed by atoms with Crippen LogP contribution in [0.4, 0.5) is 11.4 Å². The van der Waals surface area contributed by atoms with Crippen molar-refractivity contribution in [3.63, 3.8) is 0 Å². The van der Waals surface area contributed by atoms with Gasteiger partial charge in [0.25, 0.3) is 11.1 Å². The molecule has 4 aromatic rings. The molecule has 2 aromatic heterocycles. The van der Waals surface area contributed by atoms with Gasteiger partial charge in [-0.2, -0.15) is 0 Å². The molecule has 0 amide bonds. The molecule has 9 heteroatoms. The lowest BCUT2D eigenvalue weighted by Crippen LogP contribution is -2.41. The maximum atomic E-state index is 13.3. The smallest absolute Gasteiger partial charge is 0.337 e. The summed E-state index contributed by atoms with van der Waals surface area (Å²) in [5, 5.41) is 4.40. The summed E-state index contributed by atoms with van der Waals surface area (Å²) < 4.78 is 3.78. The fourth-order valence-electron chi connectivity index (χ4n) is 3.48. The Kier molecular flexibility index (Phi) is 5.47. The van der Waals surface area contributed by atoms with E-state index in [0.29, 0.717) is 27.1 Å². The summed E-state index contributed by atoms with van der Waals surface area (Å²) in [5.74, 6) is 0. The third-order valence-corrected chi connectivity index (χ3v) is 5.53. The van der Waals surface area contributed by atoms with Crippen molar-refractivity contribution in [2.75, 3.05) is 5.32 Å². The van der Waals surface area contributed by atoms with E-state index in [4.69, 9.17) is 23.2 Å². The van der Waals surface area contributed by atoms with Crippen LogP contribution in [0.2, 0.25) is 10.0 Å². The molecule has 0 bridgehead atoms. The summed E-state index contributed by atoms with van der Waals surface area (Å²) in [7, 11) is 1.53. The number of hydrogen-bond acceptors (Lipinski definition) is 4. The van der Waals surface area contributed by atoms with Crippen molar-refractivity contribution in [2.45, 2.75) is 13.5 Å². The van der Waals surface area contributed by atoms with E-state index in [1.807, 2.05) is 0 Å². The normalized spacial score (nSPS) is 11.1. The van der Waals surface area contributed by atoms with Crippen molar-refractivity contribution >= 4 is 45.6 Å². The highest BCUT2D eigenvalue weighted by atomic mass is 35.5. The van der Waals surface area contributed by atoms with Gasteiger partial charge < -0.3 is 5.32 Å². The number of hydrogen-bond donors (Lipinski definition) is 1.